The van der Waals surface area contributed by atoms with Crippen molar-refractivity contribution in [3.63, 3.8) is 0 Å². The molecule has 0 aliphatic rings. The summed E-state index contributed by atoms with van der Waals surface area (Å²) in [6.45, 7) is 0.898. The van der Waals surface area contributed by atoms with Gasteiger partial charge in [-0.15, -0.1) is 0 Å². The molecule has 0 fully saturated rings. The van der Waals surface area contributed by atoms with E-state index in [9.17, 15) is 9.18 Å². The molecule has 0 saturated carbocycles. The highest BCUT2D eigenvalue weighted by Crippen LogP contribution is 2.19. The van der Waals surface area contributed by atoms with E-state index in [0.29, 0.717) is 13.2 Å². The van der Waals surface area contributed by atoms with Crippen LogP contribution in [0, 0.1) is 5.82 Å². The van der Waals surface area contributed by atoms with Crippen LogP contribution in [-0.2, 0) is 29.1 Å². The molecule has 0 aromatic heterocycles. The first-order chi connectivity index (χ1) is 10.6. The van der Waals surface area contributed by atoms with Crippen LogP contribution < -0.4 is 5.32 Å². The molecule has 0 bridgehead atoms. The van der Waals surface area contributed by atoms with Crippen molar-refractivity contribution in [2.24, 2.45) is 0 Å². The molecule has 2 aromatic carbocycles. The number of amides is 1. The van der Waals surface area contributed by atoms with E-state index in [-0.39, 0.29) is 22.9 Å². The van der Waals surface area contributed by atoms with Crippen molar-refractivity contribution in [1.82, 2.24) is 5.32 Å². The highest BCUT2D eigenvalue weighted by molar-refractivity contribution is 6.31. The third-order valence-electron chi connectivity index (χ3n) is 3.19. The largest absolute Gasteiger partial charge is 0.380 e. The summed E-state index contributed by atoms with van der Waals surface area (Å²) in [6, 6.07) is 12.1. The van der Waals surface area contributed by atoms with Crippen molar-refractivity contribution < 1.29 is 13.9 Å². The Balaban J connectivity index is 1.94. The van der Waals surface area contributed by atoms with E-state index in [1.807, 2.05) is 24.3 Å². The molecule has 0 radical (unpaired) electrons. The van der Waals surface area contributed by atoms with Gasteiger partial charge in [0.15, 0.2) is 0 Å². The highest BCUT2D eigenvalue weighted by Gasteiger charge is 2.11. The minimum absolute atomic E-state index is 0.0801. The predicted octanol–water partition coefficient (Wildman–Crippen LogP) is 3.48. The van der Waals surface area contributed by atoms with Gasteiger partial charge in [0.2, 0.25) is 5.91 Å². The summed E-state index contributed by atoms with van der Waals surface area (Å²) in [5.74, 6) is -0.742. The molecule has 0 unspecified atom stereocenters. The summed E-state index contributed by atoms with van der Waals surface area (Å²) < 4.78 is 18.7. The Morgan fingerprint density at radius 3 is 2.68 bits per heavy atom. The zero-order chi connectivity index (χ0) is 15.9. The van der Waals surface area contributed by atoms with Crippen LogP contribution in [0.3, 0.4) is 0 Å². The van der Waals surface area contributed by atoms with E-state index in [1.54, 1.807) is 13.2 Å². The first-order valence-corrected chi connectivity index (χ1v) is 7.24. The molecular formula is C17H17ClFNO2. The second kappa shape index (κ2) is 7.92. The molecule has 0 aliphatic carbocycles. The molecular weight excluding hydrogens is 305 g/mol. The van der Waals surface area contributed by atoms with E-state index >= 15 is 0 Å². The number of halogens is 2. The topological polar surface area (TPSA) is 38.3 Å². The Morgan fingerprint density at radius 1 is 1.23 bits per heavy atom. The molecule has 0 heterocycles. The Morgan fingerprint density at radius 2 is 1.95 bits per heavy atom. The molecule has 1 amide bonds. The number of ether oxygens (including phenoxy) is 1. The van der Waals surface area contributed by atoms with E-state index in [4.69, 9.17) is 16.3 Å². The molecule has 0 aliphatic heterocycles. The molecule has 3 nitrogen and oxygen atoms in total. The Labute approximate surface area is 134 Å². The maximum atomic E-state index is 13.6. The normalized spacial score (nSPS) is 10.5. The number of methoxy groups -OCH3 is 1. The first-order valence-electron chi connectivity index (χ1n) is 6.86. The zero-order valence-corrected chi connectivity index (χ0v) is 13.0. The minimum Gasteiger partial charge on any atom is -0.380 e. The van der Waals surface area contributed by atoms with Crippen LogP contribution in [0.25, 0.3) is 0 Å². The van der Waals surface area contributed by atoms with Crippen LogP contribution in [0.5, 0.6) is 0 Å². The van der Waals surface area contributed by atoms with Crippen LogP contribution in [0.15, 0.2) is 42.5 Å². The van der Waals surface area contributed by atoms with Gasteiger partial charge in [-0.2, -0.15) is 0 Å². The summed E-state index contributed by atoms with van der Waals surface area (Å²) >= 11 is 5.91. The monoisotopic (exact) mass is 321 g/mol. The zero-order valence-electron chi connectivity index (χ0n) is 12.2. The van der Waals surface area contributed by atoms with E-state index < -0.39 is 5.82 Å². The molecule has 0 saturated heterocycles. The number of hydrogen-bond donors (Lipinski definition) is 1. The lowest BCUT2D eigenvalue weighted by Crippen LogP contribution is -2.25. The van der Waals surface area contributed by atoms with Crippen molar-refractivity contribution in [2.45, 2.75) is 19.6 Å². The van der Waals surface area contributed by atoms with Crippen molar-refractivity contribution in [3.8, 4) is 0 Å². The second-order valence-electron chi connectivity index (χ2n) is 4.91. The maximum Gasteiger partial charge on any atom is 0.224 e. The van der Waals surface area contributed by atoms with E-state index in [1.165, 1.54) is 12.1 Å². The Hall–Kier alpha value is -1.91. The van der Waals surface area contributed by atoms with Gasteiger partial charge >= 0.3 is 0 Å². The van der Waals surface area contributed by atoms with Gasteiger partial charge in [-0.25, -0.2) is 4.39 Å². The lowest BCUT2D eigenvalue weighted by Gasteiger charge is -2.09. The first kappa shape index (κ1) is 16.5. The Bertz CT molecular complexity index is 641. The van der Waals surface area contributed by atoms with Crippen molar-refractivity contribution in [3.05, 3.63) is 70.0 Å². The maximum absolute atomic E-state index is 13.6. The summed E-state index contributed by atoms with van der Waals surface area (Å²) in [6.07, 6.45) is -0.0801. The number of hydrogen-bond acceptors (Lipinski definition) is 2. The molecule has 1 N–H and O–H groups in total. The number of benzene rings is 2. The summed E-state index contributed by atoms with van der Waals surface area (Å²) in [7, 11) is 1.63. The number of rotatable bonds is 6. The molecule has 2 aromatic rings. The lowest BCUT2D eigenvalue weighted by molar-refractivity contribution is -0.120. The van der Waals surface area contributed by atoms with Crippen molar-refractivity contribution in [1.29, 1.82) is 0 Å². The van der Waals surface area contributed by atoms with Gasteiger partial charge in [0.1, 0.15) is 5.82 Å². The van der Waals surface area contributed by atoms with Gasteiger partial charge < -0.3 is 10.1 Å². The third-order valence-corrected chi connectivity index (χ3v) is 3.55. The van der Waals surface area contributed by atoms with Crippen LogP contribution in [-0.4, -0.2) is 13.0 Å². The molecule has 116 valence electrons. The fourth-order valence-electron chi connectivity index (χ4n) is 2.12. The number of carbonyl (C=O) groups is 1. The lowest BCUT2D eigenvalue weighted by atomic mass is 10.1. The van der Waals surface area contributed by atoms with Gasteiger partial charge in [-0.05, 0) is 23.3 Å². The summed E-state index contributed by atoms with van der Waals surface area (Å²) in [4.78, 5) is 11.9. The van der Waals surface area contributed by atoms with Gasteiger partial charge in [-0.3, -0.25) is 4.79 Å². The molecule has 0 spiro atoms. The van der Waals surface area contributed by atoms with Gasteiger partial charge in [0.25, 0.3) is 0 Å². The van der Waals surface area contributed by atoms with E-state index in [0.717, 1.165) is 11.1 Å². The Kier molecular flexibility index (Phi) is 5.92. The summed E-state index contributed by atoms with van der Waals surface area (Å²) in [5, 5.41) is 3.03. The quantitative estimate of drug-likeness (QED) is 0.884. The highest BCUT2D eigenvalue weighted by atomic mass is 35.5. The smallest absolute Gasteiger partial charge is 0.224 e. The second-order valence-corrected chi connectivity index (χ2v) is 5.31. The molecule has 5 heteroatoms. The van der Waals surface area contributed by atoms with E-state index in [2.05, 4.69) is 5.32 Å². The average Bonchev–Trinajstić information content (AvgIpc) is 2.50. The number of nitrogens with one attached hydrogen (secondary N) is 1. The fourth-order valence-corrected chi connectivity index (χ4v) is 2.35. The fraction of sp³-hybridized carbons (Fsp3) is 0.235. The SMILES string of the molecule is COCc1cccc(CNC(=O)Cc2c(F)cccc2Cl)c1. The van der Waals surface area contributed by atoms with Crippen molar-refractivity contribution >= 4 is 17.5 Å². The average molecular weight is 322 g/mol. The van der Waals surface area contributed by atoms with Gasteiger partial charge in [0.05, 0.1) is 13.0 Å². The van der Waals surface area contributed by atoms with Crippen LogP contribution in [0.1, 0.15) is 16.7 Å². The molecule has 0 atom stereocenters. The van der Waals surface area contributed by atoms with Crippen LogP contribution >= 0.6 is 11.6 Å². The third kappa shape index (κ3) is 4.55. The van der Waals surface area contributed by atoms with Gasteiger partial charge in [0, 0.05) is 24.2 Å². The minimum atomic E-state index is -0.468. The van der Waals surface area contributed by atoms with Crippen LogP contribution in [0.2, 0.25) is 5.02 Å². The molecule has 22 heavy (non-hydrogen) atoms. The summed E-state index contributed by atoms with van der Waals surface area (Å²) in [5.41, 5.74) is 2.21. The van der Waals surface area contributed by atoms with Gasteiger partial charge in [-0.1, -0.05) is 41.9 Å². The van der Waals surface area contributed by atoms with Crippen LogP contribution in [0.4, 0.5) is 4.39 Å². The standard InChI is InChI=1S/C17H17ClFNO2/c1-22-11-13-5-2-4-12(8-13)10-20-17(21)9-14-15(18)6-3-7-16(14)19/h2-8H,9-11H2,1H3,(H,20,21). The molecule has 2 rings (SSSR count). The predicted molar refractivity (Wildman–Crippen MR) is 84.1 cm³/mol. The number of carbonyl (C=O) groups excluding carboxylic acids is 1. The van der Waals surface area contributed by atoms with Crippen molar-refractivity contribution in [2.75, 3.05) is 7.11 Å².